The molecule has 1 aromatic carbocycles. The number of hydrogen-bond donors (Lipinski definition) is 1. The first kappa shape index (κ1) is 11.8. The van der Waals surface area contributed by atoms with Crippen molar-refractivity contribution in [3.63, 3.8) is 0 Å². The van der Waals surface area contributed by atoms with E-state index in [1.807, 2.05) is 6.07 Å². The number of nitrogen functional groups attached to an aromatic ring is 1. The molecular weight excluding hydrogens is 234 g/mol. The van der Waals surface area contributed by atoms with E-state index in [1.165, 1.54) is 20.4 Å². The Bertz CT molecular complexity index is 614. The molecule has 2 N–H and O–H groups in total. The zero-order valence-electron chi connectivity index (χ0n) is 9.93. The largest absolute Gasteiger partial charge is 0.493 e. The van der Waals surface area contributed by atoms with Gasteiger partial charge in [-0.25, -0.2) is 0 Å². The molecule has 1 aromatic heterocycles. The van der Waals surface area contributed by atoms with Gasteiger partial charge in [0.25, 0.3) is 0 Å². The van der Waals surface area contributed by atoms with Crippen molar-refractivity contribution < 1.29 is 14.0 Å². The molecule has 0 atom stereocenters. The summed E-state index contributed by atoms with van der Waals surface area (Å²) in [7, 11) is 3.01. The average molecular weight is 245 g/mol. The van der Waals surface area contributed by atoms with E-state index in [-0.39, 0.29) is 5.88 Å². The molecule has 0 bridgehead atoms. The molecule has 1 heterocycles. The summed E-state index contributed by atoms with van der Waals surface area (Å²) < 4.78 is 15.3. The highest BCUT2D eigenvalue weighted by Gasteiger charge is 2.18. The third-order valence-electron chi connectivity index (χ3n) is 2.50. The van der Waals surface area contributed by atoms with Crippen LogP contribution in [0.2, 0.25) is 0 Å². The fourth-order valence-electron chi connectivity index (χ4n) is 1.68. The summed E-state index contributed by atoms with van der Waals surface area (Å²) in [4.78, 5) is 0. The first-order chi connectivity index (χ1) is 8.71. The number of aromatic nitrogens is 1. The Balaban J connectivity index is 2.72. The molecule has 18 heavy (non-hydrogen) atoms. The highest BCUT2D eigenvalue weighted by Crippen LogP contribution is 2.41. The predicted octanol–water partition coefficient (Wildman–Crippen LogP) is 1.81. The van der Waals surface area contributed by atoms with E-state index in [0.29, 0.717) is 28.2 Å². The van der Waals surface area contributed by atoms with Crippen LogP contribution in [0.5, 0.6) is 11.5 Å². The molecule has 0 saturated heterocycles. The van der Waals surface area contributed by atoms with Crippen LogP contribution >= 0.6 is 0 Å². The number of nitrogens with two attached hydrogens (primary N) is 1. The van der Waals surface area contributed by atoms with Gasteiger partial charge in [-0.15, -0.1) is 0 Å². The van der Waals surface area contributed by atoms with Gasteiger partial charge in [-0.1, -0.05) is 5.16 Å². The summed E-state index contributed by atoms with van der Waals surface area (Å²) >= 11 is 0. The maximum atomic E-state index is 9.00. The average Bonchev–Trinajstić information content (AvgIpc) is 2.83. The van der Waals surface area contributed by atoms with Gasteiger partial charge in [0, 0.05) is 11.6 Å². The summed E-state index contributed by atoms with van der Waals surface area (Å²) in [6.45, 7) is 0. The van der Waals surface area contributed by atoms with E-state index < -0.39 is 0 Å². The smallest absolute Gasteiger partial charge is 0.230 e. The van der Waals surface area contributed by atoms with Crippen molar-refractivity contribution >= 4 is 5.88 Å². The van der Waals surface area contributed by atoms with Gasteiger partial charge >= 0.3 is 0 Å². The molecule has 6 nitrogen and oxygen atoms in total. The topological polar surface area (TPSA) is 94.3 Å². The lowest BCUT2D eigenvalue weighted by Crippen LogP contribution is -1.95. The minimum Gasteiger partial charge on any atom is -0.493 e. The zero-order valence-corrected chi connectivity index (χ0v) is 9.93. The molecule has 0 saturated carbocycles. The summed E-state index contributed by atoms with van der Waals surface area (Å²) in [5.41, 5.74) is 7.27. The number of hydrogen-bond acceptors (Lipinski definition) is 6. The minimum atomic E-state index is 0.158. The normalized spacial score (nSPS) is 9.83. The van der Waals surface area contributed by atoms with Gasteiger partial charge in [-0.05, 0) is 6.07 Å². The Morgan fingerprint density at radius 3 is 2.56 bits per heavy atom. The zero-order chi connectivity index (χ0) is 13.1. The van der Waals surface area contributed by atoms with E-state index in [1.54, 1.807) is 12.1 Å². The molecule has 0 spiro atoms. The van der Waals surface area contributed by atoms with Crippen LogP contribution in [0.25, 0.3) is 11.1 Å². The molecule has 0 aliphatic rings. The van der Waals surface area contributed by atoms with Crippen LogP contribution in [0, 0.1) is 11.3 Å². The van der Waals surface area contributed by atoms with Crippen molar-refractivity contribution in [1.29, 1.82) is 5.26 Å². The maximum Gasteiger partial charge on any atom is 0.230 e. The van der Waals surface area contributed by atoms with Crippen molar-refractivity contribution in [3.8, 4) is 28.7 Å². The Morgan fingerprint density at radius 1 is 1.28 bits per heavy atom. The van der Waals surface area contributed by atoms with Crippen LogP contribution in [-0.2, 0) is 0 Å². The van der Waals surface area contributed by atoms with Crippen LogP contribution in [0.1, 0.15) is 5.56 Å². The number of nitrogens with zero attached hydrogens (tertiary/aromatic N) is 2. The van der Waals surface area contributed by atoms with Gasteiger partial charge in [0.05, 0.1) is 37.6 Å². The minimum absolute atomic E-state index is 0.158. The second-order valence-electron chi connectivity index (χ2n) is 3.47. The van der Waals surface area contributed by atoms with E-state index >= 15 is 0 Å². The van der Waals surface area contributed by atoms with Crippen molar-refractivity contribution in [1.82, 2.24) is 5.16 Å². The molecular formula is C12H11N3O3. The second-order valence-corrected chi connectivity index (χ2v) is 3.47. The van der Waals surface area contributed by atoms with Crippen molar-refractivity contribution in [3.05, 3.63) is 23.9 Å². The molecule has 0 unspecified atom stereocenters. The van der Waals surface area contributed by atoms with Gasteiger partial charge in [0.15, 0.2) is 11.5 Å². The van der Waals surface area contributed by atoms with Gasteiger partial charge in [-0.3, -0.25) is 0 Å². The first-order valence-electron chi connectivity index (χ1n) is 5.08. The van der Waals surface area contributed by atoms with Gasteiger partial charge in [0.2, 0.25) is 5.88 Å². The summed E-state index contributed by atoms with van der Waals surface area (Å²) in [6.07, 6.45) is 1.47. The monoisotopic (exact) mass is 245 g/mol. The quantitative estimate of drug-likeness (QED) is 0.886. The highest BCUT2D eigenvalue weighted by atomic mass is 16.5. The fraction of sp³-hybridized carbons (Fsp3) is 0.167. The van der Waals surface area contributed by atoms with Gasteiger partial charge in [-0.2, -0.15) is 5.26 Å². The van der Waals surface area contributed by atoms with Crippen molar-refractivity contribution in [2.45, 2.75) is 0 Å². The van der Waals surface area contributed by atoms with Crippen LogP contribution < -0.4 is 15.2 Å². The lowest BCUT2D eigenvalue weighted by Gasteiger charge is -2.12. The second kappa shape index (κ2) is 4.67. The van der Waals surface area contributed by atoms with Gasteiger partial charge in [0.1, 0.15) is 0 Å². The Labute approximate surface area is 104 Å². The number of benzene rings is 1. The number of methoxy groups -OCH3 is 2. The first-order valence-corrected chi connectivity index (χ1v) is 5.08. The Morgan fingerprint density at radius 2 is 2.06 bits per heavy atom. The summed E-state index contributed by atoms with van der Waals surface area (Å²) in [5.74, 6) is 1.09. The predicted molar refractivity (Wildman–Crippen MR) is 64.2 cm³/mol. The molecule has 0 fully saturated rings. The molecule has 0 aliphatic heterocycles. The SMILES string of the molecule is COc1cc(C#N)cc(-c2cnoc2N)c1OC. The van der Waals surface area contributed by atoms with E-state index in [4.69, 9.17) is 25.0 Å². The maximum absolute atomic E-state index is 9.00. The number of rotatable bonds is 3. The molecule has 6 heteroatoms. The molecule has 0 aliphatic carbocycles. The number of anilines is 1. The molecule has 2 rings (SSSR count). The highest BCUT2D eigenvalue weighted by molar-refractivity contribution is 5.80. The lowest BCUT2D eigenvalue weighted by molar-refractivity contribution is 0.356. The summed E-state index contributed by atoms with van der Waals surface area (Å²) in [6, 6.07) is 5.28. The third-order valence-corrected chi connectivity index (χ3v) is 2.50. The molecule has 2 aromatic rings. The van der Waals surface area contributed by atoms with Crippen LogP contribution in [0.4, 0.5) is 5.88 Å². The fourth-order valence-corrected chi connectivity index (χ4v) is 1.68. The van der Waals surface area contributed by atoms with Crippen LogP contribution in [0.3, 0.4) is 0 Å². The van der Waals surface area contributed by atoms with Crippen LogP contribution in [0.15, 0.2) is 22.9 Å². The van der Waals surface area contributed by atoms with Crippen LogP contribution in [-0.4, -0.2) is 19.4 Å². The molecule has 0 radical (unpaired) electrons. The van der Waals surface area contributed by atoms with Gasteiger partial charge < -0.3 is 19.7 Å². The summed E-state index contributed by atoms with van der Waals surface area (Å²) in [5, 5.41) is 12.6. The molecule has 92 valence electrons. The Kier molecular flexibility index (Phi) is 3.06. The lowest BCUT2D eigenvalue weighted by atomic mass is 10.0. The number of nitriles is 1. The van der Waals surface area contributed by atoms with E-state index in [9.17, 15) is 0 Å². The Hall–Kier alpha value is -2.68. The van der Waals surface area contributed by atoms with Crippen molar-refractivity contribution in [2.75, 3.05) is 20.0 Å². The molecule has 0 amide bonds. The van der Waals surface area contributed by atoms with Crippen molar-refractivity contribution in [2.24, 2.45) is 0 Å². The standard InChI is InChI=1S/C12H11N3O3/c1-16-10-4-7(5-13)3-8(11(10)17-2)9-6-15-18-12(9)14/h3-4,6H,14H2,1-2H3. The third kappa shape index (κ3) is 1.82. The number of ether oxygens (including phenoxy) is 2. The van der Waals surface area contributed by atoms with E-state index in [0.717, 1.165) is 0 Å². The van der Waals surface area contributed by atoms with E-state index in [2.05, 4.69) is 5.16 Å².